The van der Waals surface area contributed by atoms with Gasteiger partial charge in [0.15, 0.2) is 0 Å². The molecule has 3 aromatic rings. The van der Waals surface area contributed by atoms with Crippen molar-refractivity contribution in [2.75, 3.05) is 0 Å². The van der Waals surface area contributed by atoms with Crippen LogP contribution in [0.2, 0.25) is 0 Å². The van der Waals surface area contributed by atoms with Gasteiger partial charge in [0.2, 0.25) is 0 Å². The molecule has 0 aliphatic heterocycles. The Bertz CT molecular complexity index is 983. The largest absolute Gasteiger partial charge is 0.481 e. The lowest BCUT2D eigenvalue weighted by Crippen LogP contribution is -2.23. The molecule has 1 aromatic heterocycles. The summed E-state index contributed by atoms with van der Waals surface area (Å²) < 4.78 is 7.05. The van der Waals surface area contributed by atoms with Gasteiger partial charge in [0, 0.05) is 11.6 Å². The second-order valence-corrected chi connectivity index (χ2v) is 7.05. The molecule has 0 spiro atoms. The highest BCUT2D eigenvalue weighted by molar-refractivity contribution is 5.90. The van der Waals surface area contributed by atoms with E-state index in [0.717, 1.165) is 5.39 Å². The molecule has 0 fully saturated rings. The minimum atomic E-state index is -0.904. The number of ether oxygens (including phenoxy) is 1. The summed E-state index contributed by atoms with van der Waals surface area (Å²) in [6, 6.07) is 12.4. The van der Waals surface area contributed by atoms with Crippen molar-refractivity contribution in [1.82, 2.24) is 9.78 Å². The van der Waals surface area contributed by atoms with E-state index in [9.17, 15) is 9.59 Å². The monoisotopic (exact) mass is 352 g/mol. The molecule has 0 bridgehead atoms. The van der Waals surface area contributed by atoms with E-state index in [-0.39, 0.29) is 6.42 Å². The van der Waals surface area contributed by atoms with Gasteiger partial charge in [0.1, 0.15) is 5.60 Å². The van der Waals surface area contributed by atoms with Crippen LogP contribution in [0, 0.1) is 0 Å². The summed E-state index contributed by atoms with van der Waals surface area (Å²) in [7, 11) is 0. The minimum Gasteiger partial charge on any atom is -0.481 e. The Hall–Kier alpha value is -3.15. The van der Waals surface area contributed by atoms with E-state index in [1.807, 2.05) is 45.2 Å². The summed E-state index contributed by atoms with van der Waals surface area (Å²) >= 11 is 0. The van der Waals surface area contributed by atoms with E-state index in [1.165, 1.54) is 0 Å². The zero-order valence-electron chi connectivity index (χ0n) is 14.9. The van der Waals surface area contributed by atoms with Crippen LogP contribution >= 0.6 is 0 Å². The summed E-state index contributed by atoms with van der Waals surface area (Å²) in [5.41, 5.74) is 1.85. The fourth-order valence-electron chi connectivity index (χ4n) is 2.66. The molecule has 0 amide bonds. The van der Waals surface area contributed by atoms with E-state index in [0.29, 0.717) is 22.3 Å². The van der Waals surface area contributed by atoms with Gasteiger partial charge in [0.25, 0.3) is 0 Å². The van der Waals surface area contributed by atoms with Crippen LogP contribution in [0.5, 0.6) is 0 Å². The molecule has 0 saturated carbocycles. The number of hydrogen-bond acceptors (Lipinski definition) is 4. The Balaban J connectivity index is 1.98. The van der Waals surface area contributed by atoms with Crippen LogP contribution < -0.4 is 0 Å². The van der Waals surface area contributed by atoms with Gasteiger partial charge < -0.3 is 9.84 Å². The van der Waals surface area contributed by atoms with Gasteiger partial charge >= 0.3 is 11.9 Å². The quantitative estimate of drug-likeness (QED) is 0.726. The Morgan fingerprint density at radius 2 is 1.88 bits per heavy atom. The van der Waals surface area contributed by atoms with Crippen molar-refractivity contribution < 1.29 is 19.4 Å². The van der Waals surface area contributed by atoms with E-state index in [2.05, 4.69) is 5.10 Å². The third-order valence-electron chi connectivity index (χ3n) is 3.71. The second-order valence-electron chi connectivity index (χ2n) is 7.05. The first-order chi connectivity index (χ1) is 12.2. The van der Waals surface area contributed by atoms with Gasteiger partial charge in [0.05, 0.1) is 23.2 Å². The Labute approximate surface area is 151 Å². The van der Waals surface area contributed by atoms with Crippen molar-refractivity contribution in [2.24, 2.45) is 0 Å². The number of fused-ring (bicyclic) bond motifs is 1. The van der Waals surface area contributed by atoms with Crippen LogP contribution in [-0.2, 0) is 16.0 Å². The summed E-state index contributed by atoms with van der Waals surface area (Å²) in [5.74, 6) is -1.30. The molecule has 0 aliphatic rings. The molecule has 2 aromatic carbocycles. The van der Waals surface area contributed by atoms with Crippen molar-refractivity contribution in [2.45, 2.75) is 32.8 Å². The molecule has 1 heterocycles. The summed E-state index contributed by atoms with van der Waals surface area (Å²) in [6.07, 6.45) is 1.72. The zero-order valence-corrected chi connectivity index (χ0v) is 14.9. The number of hydrogen-bond donors (Lipinski definition) is 1. The first-order valence-electron chi connectivity index (χ1n) is 8.26. The second kappa shape index (κ2) is 6.63. The number of aliphatic carboxylic acids is 1. The molecule has 6 heteroatoms. The molecule has 1 N–H and O–H groups in total. The van der Waals surface area contributed by atoms with Crippen LogP contribution in [-0.4, -0.2) is 32.4 Å². The zero-order chi connectivity index (χ0) is 18.9. The molecular formula is C20H20N2O4. The third-order valence-corrected chi connectivity index (χ3v) is 3.71. The van der Waals surface area contributed by atoms with E-state index < -0.39 is 17.5 Å². The minimum absolute atomic E-state index is 0.0910. The average Bonchev–Trinajstić information content (AvgIpc) is 2.98. The number of esters is 1. The highest BCUT2D eigenvalue weighted by Gasteiger charge is 2.18. The van der Waals surface area contributed by atoms with E-state index in [4.69, 9.17) is 9.84 Å². The lowest BCUT2D eigenvalue weighted by atomic mass is 10.1. The molecule has 3 rings (SSSR count). The number of benzene rings is 2. The van der Waals surface area contributed by atoms with Crippen molar-refractivity contribution in [3.63, 3.8) is 0 Å². The van der Waals surface area contributed by atoms with Gasteiger partial charge in [-0.05, 0) is 44.5 Å². The fourth-order valence-corrected chi connectivity index (χ4v) is 2.66. The molecule has 0 radical (unpaired) electrons. The van der Waals surface area contributed by atoms with Crippen LogP contribution in [0.1, 0.15) is 36.7 Å². The molecule has 0 atom stereocenters. The number of carbonyl (C=O) groups is 2. The van der Waals surface area contributed by atoms with Crippen molar-refractivity contribution in [3.05, 3.63) is 59.8 Å². The molecule has 0 saturated heterocycles. The first-order valence-corrected chi connectivity index (χ1v) is 8.26. The van der Waals surface area contributed by atoms with Gasteiger partial charge in [-0.1, -0.05) is 24.3 Å². The maximum absolute atomic E-state index is 12.3. The van der Waals surface area contributed by atoms with Crippen molar-refractivity contribution >= 4 is 22.8 Å². The highest BCUT2D eigenvalue weighted by atomic mass is 16.6. The molecule has 26 heavy (non-hydrogen) atoms. The first kappa shape index (κ1) is 17.7. The number of carboxylic acid groups (broad SMARTS) is 1. The standard InChI is InChI=1S/C20H20N2O4/c1-20(2,3)26-19(25)14-7-5-9-16(10-14)22-12-15-8-4-6-13(11-17(23)24)18(15)21-22/h4-10,12H,11H2,1-3H3,(H,23,24). The Morgan fingerprint density at radius 1 is 1.15 bits per heavy atom. The lowest BCUT2D eigenvalue weighted by Gasteiger charge is -2.19. The van der Waals surface area contributed by atoms with Crippen LogP contribution in [0.4, 0.5) is 0 Å². The Morgan fingerprint density at radius 3 is 2.58 bits per heavy atom. The SMILES string of the molecule is CC(C)(C)OC(=O)c1cccc(-n2cc3cccc(CC(=O)O)c3n2)c1. The van der Waals surface area contributed by atoms with Gasteiger partial charge in [-0.2, -0.15) is 5.10 Å². The van der Waals surface area contributed by atoms with E-state index in [1.54, 1.807) is 28.9 Å². The average molecular weight is 352 g/mol. The topological polar surface area (TPSA) is 81.4 Å². The number of carbonyl (C=O) groups excluding carboxylic acids is 1. The number of aromatic nitrogens is 2. The maximum atomic E-state index is 12.3. The molecule has 134 valence electrons. The molecule has 6 nitrogen and oxygen atoms in total. The van der Waals surface area contributed by atoms with Crippen molar-refractivity contribution in [1.29, 1.82) is 0 Å². The summed E-state index contributed by atoms with van der Waals surface area (Å²) in [4.78, 5) is 23.3. The summed E-state index contributed by atoms with van der Waals surface area (Å²) in [6.45, 7) is 5.46. The Kier molecular flexibility index (Phi) is 4.50. The third kappa shape index (κ3) is 3.91. The smallest absolute Gasteiger partial charge is 0.338 e. The number of carboxylic acids is 1. The molecular weight excluding hydrogens is 332 g/mol. The van der Waals surface area contributed by atoms with Crippen LogP contribution in [0.25, 0.3) is 16.6 Å². The summed E-state index contributed by atoms with van der Waals surface area (Å²) in [5, 5.41) is 14.4. The van der Waals surface area contributed by atoms with Crippen LogP contribution in [0.3, 0.4) is 0 Å². The number of nitrogens with zero attached hydrogens (tertiary/aromatic N) is 2. The normalized spacial score (nSPS) is 11.5. The predicted molar refractivity (Wildman–Crippen MR) is 97.6 cm³/mol. The van der Waals surface area contributed by atoms with Crippen LogP contribution in [0.15, 0.2) is 48.7 Å². The predicted octanol–water partition coefficient (Wildman–Crippen LogP) is 3.61. The van der Waals surface area contributed by atoms with Gasteiger partial charge in [-0.15, -0.1) is 0 Å². The van der Waals surface area contributed by atoms with Crippen molar-refractivity contribution in [3.8, 4) is 5.69 Å². The highest BCUT2D eigenvalue weighted by Crippen LogP contribution is 2.21. The molecule has 0 unspecified atom stereocenters. The molecule has 0 aliphatic carbocycles. The fraction of sp³-hybridized carbons (Fsp3) is 0.250. The van der Waals surface area contributed by atoms with Gasteiger partial charge in [-0.25, -0.2) is 9.48 Å². The van der Waals surface area contributed by atoms with E-state index >= 15 is 0 Å². The number of rotatable bonds is 4. The van der Waals surface area contributed by atoms with Gasteiger partial charge in [-0.3, -0.25) is 4.79 Å². The maximum Gasteiger partial charge on any atom is 0.338 e. The lowest BCUT2D eigenvalue weighted by molar-refractivity contribution is -0.136.